The van der Waals surface area contributed by atoms with E-state index in [2.05, 4.69) is 0 Å². The molecule has 0 radical (unpaired) electrons. The molecule has 16 heavy (non-hydrogen) atoms. The molecule has 0 aliphatic heterocycles. The number of aliphatic carboxylic acids is 1. The molecule has 8 heteroatoms. The van der Waals surface area contributed by atoms with Crippen LogP contribution in [0.5, 0.6) is 0 Å². The minimum Gasteiger partial charge on any atom is -0.480 e. The molecule has 0 fully saturated rings. The molecule has 0 aliphatic rings. The smallest absolute Gasteiger partial charge is 0.328 e. The SMILES string of the molecule is CC(O)[C@H](N)C(=O)N[C@H](C(=O)O)C(C)O.F. The highest BCUT2D eigenvalue weighted by Gasteiger charge is 2.28. The van der Waals surface area contributed by atoms with Gasteiger partial charge in [-0.25, -0.2) is 4.79 Å². The number of aliphatic hydroxyl groups is 2. The van der Waals surface area contributed by atoms with Gasteiger partial charge >= 0.3 is 5.97 Å². The fraction of sp³-hybridized carbons (Fsp3) is 0.750. The van der Waals surface area contributed by atoms with E-state index in [0.717, 1.165) is 0 Å². The second kappa shape index (κ2) is 7.09. The molecule has 0 bridgehead atoms. The quantitative estimate of drug-likeness (QED) is 0.370. The predicted molar refractivity (Wildman–Crippen MR) is 53.4 cm³/mol. The van der Waals surface area contributed by atoms with Gasteiger partial charge in [0.25, 0.3) is 0 Å². The number of aliphatic hydroxyl groups excluding tert-OH is 2. The molecular formula is C8H17FN2O5. The van der Waals surface area contributed by atoms with E-state index in [4.69, 9.17) is 21.1 Å². The highest BCUT2D eigenvalue weighted by atomic mass is 19.0. The summed E-state index contributed by atoms with van der Waals surface area (Å²) in [5.74, 6) is -2.19. The molecule has 96 valence electrons. The van der Waals surface area contributed by atoms with Gasteiger partial charge in [-0.05, 0) is 13.8 Å². The van der Waals surface area contributed by atoms with Gasteiger partial charge in [0.15, 0.2) is 6.04 Å². The lowest BCUT2D eigenvalue weighted by Gasteiger charge is -2.20. The van der Waals surface area contributed by atoms with Crippen LogP contribution < -0.4 is 11.1 Å². The molecule has 0 aliphatic carbocycles. The van der Waals surface area contributed by atoms with Crippen molar-refractivity contribution >= 4 is 11.9 Å². The molecule has 0 aromatic carbocycles. The topological polar surface area (TPSA) is 133 Å². The molecule has 7 nitrogen and oxygen atoms in total. The van der Waals surface area contributed by atoms with Crippen molar-refractivity contribution in [2.45, 2.75) is 38.1 Å². The maximum atomic E-state index is 11.2. The zero-order chi connectivity index (χ0) is 12.2. The highest BCUT2D eigenvalue weighted by Crippen LogP contribution is 1.96. The van der Waals surface area contributed by atoms with E-state index in [1.165, 1.54) is 13.8 Å². The fourth-order valence-corrected chi connectivity index (χ4v) is 0.857. The van der Waals surface area contributed by atoms with Crippen LogP contribution in [0.25, 0.3) is 0 Å². The zero-order valence-electron chi connectivity index (χ0n) is 8.95. The Kier molecular flexibility index (Phi) is 7.61. The molecule has 4 atom stereocenters. The second-order valence-corrected chi connectivity index (χ2v) is 3.33. The van der Waals surface area contributed by atoms with Crippen LogP contribution in [-0.2, 0) is 9.59 Å². The van der Waals surface area contributed by atoms with Crippen LogP contribution in [0, 0.1) is 0 Å². The molecule has 0 saturated carbocycles. The lowest BCUT2D eigenvalue weighted by Crippen LogP contribution is -2.55. The Bertz CT molecular complexity index is 247. The third kappa shape index (κ3) is 5.01. The van der Waals surface area contributed by atoms with Gasteiger partial charge in [0.1, 0.15) is 6.04 Å². The number of rotatable bonds is 5. The molecule has 2 unspecified atom stereocenters. The Morgan fingerprint density at radius 1 is 1.19 bits per heavy atom. The van der Waals surface area contributed by atoms with Crippen LogP contribution in [0.1, 0.15) is 13.8 Å². The average Bonchev–Trinajstić information content (AvgIpc) is 2.11. The predicted octanol–water partition coefficient (Wildman–Crippen LogP) is -2.20. The third-order valence-electron chi connectivity index (χ3n) is 1.87. The molecule has 0 aromatic rings. The lowest BCUT2D eigenvalue weighted by molar-refractivity contribution is -0.145. The standard InChI is InChI=1S/C8H16N2O5.FH/c1-3(11)5(9)7(13)10-6(4(2)12)8(14)15;/h3-6,11-12H,9H2,1-2H3,(H,10,13)(H,14,15);1H/t3?,4?,5-,6-;/m0./s1. The van der Waals surface area contributed by atoms with Gasteiger partial charge in [0.2, 0.25) is 5.91 Å². The van der Waals surface area contributed by atoms with Crippen LogP contribution >= 0.6 is 0 Å². The van der Waals surface area contributed by atoms with E-state index in [-0.39, 0.29) is 4.70 Å². The zero-order valence-corrected chi connectivity index (χ0v) is 8.95. The number of hydrogen-bond acceptors (Lipinski definition) is 5. The van der Waals surface area contributed by atoms with Crippen LogP contribution in [0.15, 0.2) is 0 Å². The average molecular weight is 240 g/mol. The molecular weight excluding hydrogens is 223 g/mol. The van der Waals surface area contributed by atoms with E-state index in [0.29, 0.717) is 0 Å². The minimum atomic E-state index is -1.43. The molecule has 0 saturated heterocycles. The van der Waals surface area contributed by atoms with Gasteiger partial charge in [-0.2, -0.15) is 0 Å². The first-order chi connectivity index (χ1) is 6.77. The lowest BCUT2D eigenvalue weighted by atomic mass is 10.1. The third-order valence-corrected chi connectivity index (χ3v) is 1.87. The number of hydrogen-bond donors (Lipinski definition) is 5. The van der Waals surface area contributed by atoms with Gasteiger partial charge in [0, 0.05) is 0 Å². The van der Waals surface area contributed by atoms with Gasteiger partial charge in [0.05, 0.1) is 12.2 Å². The molecule has 0 heterocycles. The monoisotopic (exact) mass is 240 g/mol. The summed E-state index contributed by atoms with van der Waals surface area (Å²) in [5.41, 5.74) is 5.27. The first-order valence-electron chi connectivity index (χ1n) is 4.42. The Labute approximate surface area is 91.6 Å². The van der Waals surface area contributed by atoms with Crippen molar-refractivity contribution in [1.82, 2.24) is 5.32 Å². The molecule has 6 N–H and O–H groups in total. The van der Waals surface area contributed by atoms with E-state index >= 15 is 0 Å². The molecule has 0 rings (SSSR count). The second-order valence-electron chi connectivity index (χ2n) is 3.33. The van der Waals surface area contributed by atoms with Gasteiger partial charge < -0.3 is 26.4 Å². The van der Waals surface area contributed by atoms with E-state index in [9.17, 15) is 9.59 Å². The van der Waals surface area contributed by atoms with Crippen LogP contribution in [0.2, 0.25) is 0 Å². The van der Waals surface area contributed by atoms with E-state index < -0.39 is 36.2 Å². The maximum absolute atomic E-state index is 11.2. The number of carbonyl (C=O) groups is 2. The van der Waals surface area contributed by atoms with Crippen LogP contribution in [0.3, 0.4) is 0 Å². The number of carboxylic acids is 1. The van der Waals surface area contributed by atoms with Gasteiger partial charge in [-0.15, -0.1) is 0 Å². The highest BCUT2D eigenvalue weighted by molar-refractivity contribution is 5.87. The Morgan fingerprint density at radius 3 is 1.88 bits per heavy atom. The van der Waals surface area contributed by atoms with E-state index in [1.54, 1.807) is 0 Å². The summed E-state index contributed by atoms with van der Waals surface area (Å²) < 4.78 is 0. The number of nitrogens with two attached hydrogens (primary N) is 1. The van der Waals surface area contributed by atoms with Crippen molar-refractivity contribution < 1.29 is 29.6 Å². The van der Waals surface area contributed by atoms with Crippen molar-refractivity contribution in [3.05, 3.63) is 0 Å². The summed E-state index contributed by atoms with van der Waals surface area (Å²) in [4.78, 5) is 21.8. The largest absolute Gasteiger partial charge is 0.480 e. The summed E-state index contributed by atoms with van der Waals surface area (Å²) in [6.45, 7) is 2.54. The Morgan fingerprint density at radius 2 is 1.62 bits per heavy atom. The molecule has 0 spiro atoms. The summed E-state index contributed by atoms with van der Waals surface area (Å²) >= 11 is 0. The Balaban J connectivity index is 0. The van der Waals surface area contributed by atoms with Crippen LogP contribution in [0.4, 0.5) is 4.70 Å². The van der Waals surface area contributed by atoms with Crippen molar-refractivity contribution in [1.29, 1.82) is 0 Å². The normalized spacial score (nSPS) is 17.6. The summed E-state index contributed by atoms with van der Waals surface area (Å²) in [6.07, 6.45) is -2.33. The first kappa shape index (κ1) is 17.2. The summed E-state index contributed by atoms with van der Waals surface area (Å²) in [7, 11) is 0. The maximum Gasteiger partial charge on any atom is 0.328 e. The number of halogens is 1. The first-order valence-corrected chi connectivity index (χ1v) is 4.42. The molecule has 1 amide bonds. The fourth-order valence-electron chi connectivity index (χ4n) is 0.857. The minimum absolute atomic E-state index is 0. The van der Waals surface area contributed by atoms with Gasteiger partial charge in [-0.3, -0.25) is 9.50 Å². The van der Waals surface area contributed by atoms with Crippen molar-refractivity contribution in [2.75, 3.05) is 0 Å². The van der Waals surface area contributed by atoms with Crippen molar-refractivity contribution in [2.24, 2.45) is 5.73 Å². The van der Waals surface area contributed by atoms with E-state index in [1.807, 2.05) is 5.32 Å². The number of nitrogens with one attached hydrogen (secondary N) is 1. The Hall–Kier alpha value is -1.25. The summed E-state index contributed by atoms with van der Waals surface area (Å²) in [6, 6.07) is -2.65. The van der Waals surface area contributed by atoms with Gasteiger partial charge in [-0.1, -0.05) is 0 Å². The number of carbonyl (C=O) groups excluding carboxylic acids is 1. The van der Waals surface area contributed by atoms with Crippen molar-refractivity contribution in [3.63, 3.8) is 0 Å². The number of carboxylic acid groups (broad SMARTS) is 1. The summed E-state index contributed by atoms with van der Waals surface area (Å²) in [5, 5.41) is 28.7. The van der Waals surface area contributed by atoms with Crippen LogP contribution in [-0.4, -0.2) is 51.5 Å². The van der Waals surface area contributed by atoms with Crippen molar-refractivity contribution in [3.8, 4) is 0 Å². The molecule has 0 aromatic heterocycles. The number of amides is 1.